The second kappa shape index (κ2) is 12.1. The minimum atomic E-state index is -0.0482. The van der Waals surface area contributed by atoms with Gasteiger partial charge in [-0.25, -0.2) is 0 Å². The van der Waals surface area contributed by atoms with Gasteiger partial charge in [0.2, 0.25) is 0 Å². The van der Waals surface area contributed by atoms with E-state index in [0.29, 0.717) is 0 Å². The molecule has 0 amide bonds. The highest BCUT2D eigenvalue weighted by atomic mass is 16.3. The van der Waals surface area contributed by atoms with Crippen molar-refractivity contribution in [2.75, 3.05) is 4.90 Å². The molecular weight excluding hydrogens is 667 g/mol. The van der Waals surface area contributed by atoms with Crippen LogP contribution in [0.25, 0.3) is 76.9 Å². The smallest absolute Gasteiger partial charge is 0.136 e. The SMILES string of the molecule is CC1(C)c2ccccc2-c2cc(N(c3ccc(-c4ccc5c(ccc6oc7ccccc7c65)c4)cc3)c3ccc(-c4cccc5ccccc45)cc3)ccc21. The van der Waals surface area contributed by atoms with E-state index in [1.807, 2.05) is 12.1 Å². The number of hydrogen-bond acceptors (Lipinski definition) is 2. The molecule has 1 aliphatic carbocycles. The molecule has 0 unspecified atom stereocenters. The second-order valence-corrected chi connectivity index (χ2v) is 15.3. The van der Waals surface area contributed by atoms with Crippen LogP contribution in [0.3, 0.4) is 0 Å². The van der Waals surface area contributed by atoms with E-state index < -0.39 is 0 Å². The van der Waals surface area contributed by atoms with Crippen LogP contribution in [0.4, 0.5) is 17.1 Å². The quantitative estimate of drug-likeness (QED) is 0.177. The zero-order valence-corrected chi connectivity index (χ0v) is 30.8. The summed E-state index contributed by atoms with van der Waals surface area (Å²) in [6, 6.07) is 68.5. The van der Waals surface area contributed by atoms with Gasteiger partial charge in [-0.1, -0.05) is 147 Å². The summed E-state index contributed by atoms with van der Waals surface area (Å²) in [4.78, 5) is 2.39. The lowest BCUT2D eigenvalue weighted by Crippen LogP contribution is -2.15. The summed E-state index contributed by atoms with van der Waals surface area (Å²) in [6.07, 6.45) is 0. The molecule has 1 heterocycles. The molecule has 9 aromatic carbocycles. The molecule has 55 heavy (non-hydrogen) atoms. The molecule has 0 bridgehead atoms. The molecule has 0 aliphatic heterocycles. The van der Waals surface area contributed by atoms with Crippen molar-refractivity contribution in [3.05, 3.63) is 199 Å². The molecular formula is C53H37NO. The van der Waals surface area contributed by atoms with Gasteiger partial charge in [0.15, 0.2) is 0 Å². The normalized spacial score (nSPS) is 13.1. The Morgan fingerprint density at radius 3 is 1.85 bits per heavy atom. The number of rotatable bonds is 5. The van der Waals surface area contributed by atoms with Crippen molar-refractivity contribution in [1.29, 1.82) is 0 Å². The first kappa shape index (κ1) is 31.6. The number of nitrogens with zero attached hydrogens (tertiary/aromatic N) is 1. The number of para-hydroxylation sites is 1. The van der Waals surface area contributed by atoms with Crippen LogP contribution >= 0.6 is 0 Å². The molecule has 260 valence electrons. The molecule has 2 nitrogen and oxygen atoms in total. The van der Waals surface area contributed by atoms with E-state index in [9.17, 15) is 0 Å². The van der Waals surface area contributed by atoms with Crippen LogP contribution in [0.5, 0.6) is 0 Å². The molecule has 11 rings (SSSR count). The highest BCUT2D eigenvalue weighted by Gasteiger charge is 2.35. The standard InChI is InChI=1S/C53H37NO/c1-53(2)48-16-7-5-13-45(48)47-33-41(28-30-49(47)53)54(40-26-20-36(21-27-40)43-15-9-11-35-10-3-4-12-42(35)43)39-24-18-34(19-25-39)37-22-29-44-38(32-37)23-31-51-52(44)46-14-6-8-17-50(46)55-51/h3-33H,1-2H3. The maximum Gasteiger partial charge on any atom is 0.136 e. The number of fused-ring (bicyclic) bond motifs is 9. The summed E-state index contributed by atoms with van der Waals surface area (Å²) in [6.45, 7) is 4.68. The molecule has 0 atom stereocenters. The van der Waals surface area contributed by atoms with Crippen molar-refractivity contribution in [2.24, 2.45) is 0 Å². The minimum absolute atomic E-state index is 0.0482. The Morgan fingerprint density at radius 1 is 0.382 bits per heavy atom. The van der Waals surface area contributed by atoms with E-state index >= 15 is 0 Å². The lowest BCUT2D eigenvalue weighted by molar-refractivity contribution is 0.660. The van der Waals surface area contributed by atoms with Crippen molar-refractivity contribution in [3.8, 4) is 33.4 Å². The molecule has 0 saturated heterocycles. The fourth-order valence-electron chi connectivity index (χ4n) is 9.10. The van der Waals surface area contributed by atoms with Gasteiger partial charge in [-0.2, -0.15) is 0 Å². The molecule has 0 spiro atoms. The lowest BCUT2D eigenvalue weighted by atomic mass is 9.82. The second-order valence-electron chi connectivity index (χ2n) is 15.3. The Bertz CT molecular complexity index is 3110. The molecule has 0 saturated carbocycles. The zero-order valence-electron chi connectivity index (χ0n) is 30.8. The van der Waals surface area contributed by atoms with Gasteiger partial charge in [0.05, 0.1) is 0 Å². The fraction of sp³-hybridized carbons (Fsp3) is 0.0566. The molecule has 2 heteroatoms. The van der Waals surface area contributed by atoms with E-state index in [2.05, 4.69) is 195 Å². The summed E-state index contributed by atoms with van der Waals surface area (Å²) in [5.41, 5.74) is 15.4. The van der Waals surface area contributed by atoms with Crippen LogP contribution in [0.1, 0.15) is 25.0 Å². The number of furan rings is 1. The Hall–Kier alpha value is -6.90. The largest absolute Gasteiger partial charge is 0.456 e. The third-order valence-corrected chi connectivity index (χ3v) is 11.9. The Balaban J connectivity index is 1.01. The van der Waals surface area contributed by atoms with Gasteiger partial charge in [-0.15, -0.1) is 0 Å². The fourth-order valence-corrected chi connectivity index (χ4v) is 9.10. The van der Waals surface area contributed by atoms with Gasteiger partial charge in [0, 0.05) is 33.2 Å². The first-order chi connectivity index (χ1) is 27.0. The van der Waals surface area contributed by atoms with Crippen LogP contribution in [0, 0.1) is 0 Å². The molecule has 0 fully saturated rings. The average molecular weight is 704 g/mol. The summed E-state index contributed by atoms with van der Waals surface area (Å²) in [5.74, 6) is 0. The molecule has 0 radical (unpaired) electrons. The number of benzene rings is 9. The monoisotopic (exact) mass is 703 g/mol. The predicted molar refractivity (Wildman–Crippen MR) is 232 cm³/mol. The maximum atomic E-state index is 6.18. The Kier molecular flexibility index (Phi) is 6.93. The van der Waals surface area contributed by atoms with Crippen LogP contribution in [-0.4, -0.2) is 0 Å². The van der Waals surface area contributed by atoms with Crippen molar-refractivity contribution in [2.45, 2.75) is 19.3 Å². The van der Waals surface area contributed by atoms with Gasteiger partial charge < -0.3 is 9.32 Å². The van der Waals surface area contributed by atoms with Crippen LogP contribution < -0.4 is 4.90 Å². The average Bonchev–Trinajstić information content (AvgIpc) is 3.73. The van der Waals surface area contributed by atoms with Gasteiger partial charge in [0.1, 0.15) is 11.2 Å². The first-order valence-electron chi connectivity index (χ1n) is 19.1. The van der Waals surface area contributed by atoms with E-state index in [4.69, 9.17) is 4.42 Å². The summed E-state index contributed by atoms with van der Waals surface area (Å²) >= 11 is 0. The molecule has 1 aliphatic rings. The van der Waals surface area contributed by atoms with Gasteiger partial charge in [0.25, 0.3) is 0 Å². The van der Waals surface area contributed by atoms with Gasteiger partial charge in [-0.05, 0) is 121 Å². The highest BCUT2D eigenvalue weighted by molar-refractivity contribution is 6.19. The van der Waals surface area contributed by atoms with Gasteiger partial charge in [-0.3, -0.25) is 0 Å². The summed E-state index contributed by atoms with van der Waals surface area (Å²) in [5, 5.41) is 7.27. The van der Waals surface area contributed by atoms with Crippen molar-refractivity contribution >= 4 is 60.5 Å². The highest BCUT2D eigenvalue weighted by Crippen LogP contribution is 2.51. The minimum Gasteiger partial charge on any atom is -0.456 e. The molecule has 1 aromatic heterocycles. The van der Waals surface area contributed by atoms with Crippen molar-refractivity contribution in [1.82, 2.24) is 0 Å². The summed E-state index contributed by atoms with van der Waals surface area (Å²) in [7, 11) is 0. The first-order valence-corrected chi connectivity index (χ1v) is 19.1. The maximum absolute atomic E-state index is 6.18. The number of anilines is 3. The Labute approximate surface area is 320 Å². The van der Waals surface area contributed by atoms with Gasteiger partial charge >= 0.3 is 0 Å². The van der Waals surface area contributed by atoms with E-state index in [1.165, 1.54) is 71.4 Å². The van der Waals surface area contributed by atoms with E-state index in [1.54, 1.807) is 0 Å². The van der Waals surface area contributed by atoms with Crippen LogP contribution in [-0.2, 0) is 5.41 Å². The van der Waals surface area contributed by atoms with Crippen LogP contribution in [0.15, 0.2) is 192 Å². The van der Waals surface area contributed by atoms with E-state index in [-0.39, 0.29) is 5.41 Å². The predicted octanol–water partition coefficient (Wildman–Crippen LogP) is 15.0. The lowest BCUT2D eigenvalue weighted by Gasteiger charge is -2.27. The third kappa shape index (κ3) is 4.95. The van der Waals surface area contributed by atoms with Crippen molar-refractivity contribution in [3.63, 3.8) is 0 Å². The Morgan fingerprint density at radius 2 is 1.02 bits per heavy atom. The van der Waals surface area contributed by atoms with Crippen molar-refractivity contribution < 1.29 is 4.42 Å². The van der Waals surface area contributed by atoms with E-state index in [0.717, 1.165) is 33.6 Å². The molecule has 10 aromatic rings. The number of hydrogen-bond donors (Lipinski definition) is 0. The topological polar surface area (TPSA) is 16.4 Å². The third-order valence-electron chi connectivity index (χ3n) is 11.9. The zero-order chi connectivity index (χ0) is 36.7. The summed E-state index contributed by atoms with van der Waals surface area (Å²) < 4.78 is 6.18. The van der Waals surface area contributed by atoms with Crippen LogP contribution in [0.2, 0.25) is 0 Å². The molecule has 0 N–H and O–H groups in total.